The highest BCUT2D eigenvalue weighted by molar-refractivity contribution is 14.1. The monoisotopic (exact) mass is 282 g/mol. The Labute approximate surface area is 84.7 Å². The Bertz CT molecular complexity index is 220. The van der Waals surface area contributed by atoms with E-state index >= 15 is 0 Å². The third kappa shape index (κ3) is 2.37. The zero-order valence-corrected chi connectivity index (χ0v) is 9.65. The number of rotatable bonds is 3. The van der Waals surface area contributed by atoms with E-state index in [1.807, 2.05) is 0 Å². The summed E-state index contributed by atoms with van der Waals surface area (Å²) < 4.78 is 5.03. The highest BCUT2D eigenvalue weighted by Gasteiger charge is 2.11. The standard InChI is InChI=1S/C7H11IN2S/c1-3-5(4-2)6-9-7(8)10-11-6/h5H,3-4H2,1-2H3. The van der Waals surface area contributed by atoms with Crippen LogP contribution in [0.25, 0.3) is 0 Å². The third-order valence-corrected chi connectivity index (χ3v) is 3.44. The molecule has 62 valence electrons. The molecule has 0 aliphatic rings. The zero-order valence-electron chi connectivity index (χ0n) is 6.67. The predicted octanol–water partition coefficient (Wildman–Crippen LogP) is 3.05. The zero-order chi connectivity index (χ0) is 8.27. The highest BCUT2D eigenvalue weighted by atomic mass is 127. The van der Waals surface area contributed by atoms with Crippen LogP contribution in [0.15, 0.2) is 0 Å². The molecule has 11 heavy (non-hydrogen) atoms. The maximum absolute atomic E-state index is 4.35. The quantitative estimate of drug-likeness (QED) is 0.796. The van der Waals surface area contributed by atoms with E-state index in [-0.39, 0.29) is 0 Å². The number of hydrogen-bond acceptors (Lipinski definition) is 3. The molecule has 2 nitrogen and oxygen atoms in total. The summed E-state index contributed by atoms with van der Waals surface area (Å²) in [7, 11) is 0. The Morgan fingerprint density at radius 2 is 2.09 bits per heavy atom. The van der Waals surface area contributed by atoms with E-state index in [0.29, 0.717) is 5.92 Å². The van der Waals surface area contributed by atoms with E-state index in [2.05, 4.69) is 45.8 Å². The molecule has 1 heterocycles. The minimum atomic E-state index is 0.621. The van der Waals surface area contributed by atoms with Crippen LogP contribution in [-0.4, -0.2) is 9.36 Å². The topological polar surface area (TPSA) is 25.8 Å². The second-order valence-electron chi connectivity index (χ2n) is 2.42. The van der Waals surface area contributed by atoms with Crippen LogP contribution in [0.4, 0.5) is 0 Å². The van der Waals surface area contributed by atoms with Crippen LogP contribution in [0.5, 0.6) is 0 Å². The van der Waals surface area contributed by atoms with E-state index < -0.39 is 0 Å². The summed E-state index contributed by atoms with van der Waals surface area (Å²) in [5, 5.41) is 1.19. The molecule has 0 fully saturated rings. The Balaban J connectivity index is 2.73. The number of hydrogen-bond donors (Lipinski definition) is 0. The Kier molecular flexibility index (Phi) is 3.71. The van der Waals surface area contributed by atoms with Crippen LogP contribution >= 0.6 is 34.1 Å². The molecule has 0 spiro atoms. The molecule has 0 atom stereocenters. The molecule has 0 radical (unpaired) electrons. The summed E-state index contributed by atoms with van der Waals surface area (Å²) in [6.07, 6.45) is 2.34. The van der Waals surface area contributed by atoms with Crippen molar-refractivity contribution in [2.75, 3.05) is 0 Å². The summed E-state index contributed by atoms with van der Waals surface area (Å²) in [5.41, 5.74) is 0. The fraction of sp³-hybridized carbons (Fsp3) is 0.714. The maximum Gasteiger partial charge on any atom is 0.203 e. The molecule has 0 saturated heterocycles. The number of aromatic nitrogens is 2. The van der Waals surface area contributed by atoms with Gasteiger partial charge in [-0.3, -0.25) is 0 Å². The van der Waals surface area contributed by atoms with Crippen molar-refractivity contribution in [3.8, 4) is 0 Å². The first-order chi connectivity index (χ1) is 5.27. The fourth-order valence-corrected chi connectivity index (χ4v) is 2.56. The van der Waals surface area contributed by atoms with E-state index in [9.17, 15) is 0 Å². The van der Waals surface area contributed by atoms with Crippen LogP contribution in [0.1, 0.15) is 37.6 Å². The summed E-state index contributed by atoms with van der Waals surface area (Å²) >= 11 is 3.69. The van der Waals surface area contributed by atoms with E-state index in [1.165, 1.54) is 29.4 Å². The van der Waals surface area contributed by atoms with Crippen molar-refractivity contribution in [3.05, 3.63) is 8.84 Å². The van der Waals surface area contributed by atoms with Gasteiger partial charge in [-0.1, -0.05) is 13.8 Å². The van der Waals surface area contributed by atoms with Gasteiger partial charge in [0.25, 0.3) is 0 Å². The first-order valence-corrected chi connectivity index (χ1v) is 5.62. The molecule has 0 aromatic carbocycles. The van der Waals surface area contributed by atoms with Crippen LogP contribution in [0, 0.1) is 3.83 Å². The van der Waals surface area contributed by atoms with Gasteiger partial charge in [-0.25, -0.2) is 4.98 Å². The van der Waals surface area contributed by atoms with Gasteiger partial charge in [0.2, 0.25) is 3.83 Å². The van der Waals surface area contributed by atoms with Gasteiger partial charge in [0.1, 0.15) is 5.01 Å². The Morgan fingerprint density at radius 1 is 1.45 bits per heavy atom. The average molecular weight is 282 g/mol. The summed E-state index contributed by atoms with van der Waals surface area (Å²) in [4.78, 5) is 4.35. The Hall–Kier alpha value is 0.290. The van der Waals surface area contributed by atoms with Crippen molar-refractivity contribution in [1.82, 2.24) is 9.36 Å². The lowest BCUT2D eigenvalue weighted by atomic mass is 10.1. The SMILES string of the molecule is CCC(CC)c1nc(I)ns1. The summed E-state index contributed by atoms with van der Waals surface area (Å²) in [6, 6.07) is 0. The summed E-state index contributed by atoms with van der Waals surface area (Å²) in [5.74, 6) is 0.621. The highest BCUT2D eigenvalue weighted by Crippen LogP contribution is 2.24. The van der Waals surface area contributed by atoms with Crippen molar-refractivity contribution in [2.45, 2.75) is 32.6 Å². The van der Waals surface area contributed by atoms with Crippen molar-refractivity contribution >= 4 is 34.1 Å². The van der Waals surface area contributed by atoms with Crippen molar-refractivity contribution < 1.29 is 0 Å². The van der Waals surface area contributed by atoms with Crippen molar-refractivity contribution in [1.29, 1.82) is 0 Å². The van der Waals surface area contributed by atoms with E-state index in [0.717, 1.165) is 3.83 Å². The lowest BCUT2D eigenvalue weighted by Gasteiger charge is -2.05. The van der Waals surface area contributed by atoms with Crippen LogP contribution < -0.4 is 0 Å². The van der Waals surface area contributed by atoms with Gasteiger partial charge in [-0.15, -0.1) is 0 Å². The van der Waals surface area contributed by atoms with Crippen LogP contribution in [-0.2, 0) is 0 Å². The molecule has 1 aromatic rings. The molecule has 0 unspecified atom stereocenters. The molecule has 1 aromatic heterocycles. The molecular weight excluding hydrogens is 271 g/mol. The fourth-order valence-electron chi connectivity index (χ4n) is 1.02. The molecule has 4 heteroatoms. The average Bonchev–Trinajstić information content (AvgIpc) is 2.39. The van der Waals surface area contributed by atoms with Crippen LogP contribution in [0.2, 0.25) is 0 Å². The first-order valence-electron chi connectivity index (χ1n) is 3.77. The third-order valence-electron chi connectivity index (χ3n) is 1.75. The van der Waals surface area contributed by atoms with Crippen LogP contribution in [0.3, 0.4) is 0 Å². The molecule has 1 rings (SSSR count). The van der Waals surface area contributed by atoms with Gasteiger partial charge in [0.15, 0.2) is 0 Å². The number of halogens is 1. The van der Waals surface area contributed by atoms with Gasteiger partial charge in [-0.2, -0.15) is 4.37 Å². The molecule has 0 N–H and O–H groups in total. The molecular formula is C7H11IN2S. The molecule has 0 bridgehead atoms. The van der Waals surface area contributed by atoms with Crippen molar-refractivity contribution in [2.24, 2.45) is 0 Å². The van der Waals surface area contributed by atoms with Gasteiger partial charge < -0.3 is 0 Å². The minimum absolute atomic E-state index is 0.621. The van der Waals surface area contributed by atoms with E-state index in [1.54, 1.807) is 0 Å². The van der Waals surface area contributed by atoms with Gasteiger partial charge >= 0.3 is 0 Å². The lowest BCUT2D eigenvalue weighted by Crippen LogP contribution is -1.93. The summed E-state index contributed by atoms with van der Waals surface area (Å²) in [6.45, 7) is 4.39. The first kappa shape index (κ1) is 9.38. The van der Waals surface area contributed by atoms with Gasteiger partial charge in [-0.05, 0) is 24.4 Å². The smallest absolute Gasteiger partial charge is 0.203 e. The number of nitrogens with zero attached hydrogens (tertiary/aromatic N) is 2. The molecule has 0 saturated carbocycles. The molecule has 0 amide bonds. The van der Waals surface area contributed by atoms with Crippen molar-refractivity contribution in [3.63, 3.8) is 0 Å². The minimum Gasteiger partial charge on any atom is -0.215 e. The second-order valence-corrected chi connectivity index (χ2v) is 4.16. The normalized spacial score (nSPS) is 10.9. The maximum atomic E-state index is 4.35. The largest absolute Gasteiger partial charge is 0.215 e. The van der Waals surface area contributed by atoms with Gasteiger partial charge in [0, 0.05) is 28.5 Å². The lowest BCUT2D eigenvalue weighted by molar-refractivity contribution is 0.636. The predicted molar refractivity (Wildman–Crippen MR) is 55.9 cm³/mol. The molecule has 0 aliphatic heterocycles. The van der Waals surface area contributed by atoms with E-state index in [4.69, 9.17) is 0 Å². The molecule has 0 aliphatic carbocycles. The Morgan fingerprint density at radius 3 is 2.45 bits per heavy atom. The van der Waals surface area contributed by atoms with Gasteiger partial charge in [0.05, 0.1) is 0 Å². The second kappa shape index (κ2) is 4.35.